The van der Waals surface area contributed by atoms with E-state index in [-0.39, 0.29) is 41.8 Å². The number of sulfonamides is 1. The molecule has 10 heteroatoms. The number of carbonyl (C=O) groups excluding carboxylic acids is 3. The van der Waals surface area contributed by atoms with Crippen molar-refractivity contribution in [2.45, 2.75) is 31.2 Å². The first kappa shape index (κ1) is 23.4. The van der Waals surface area contributed by atoms with Crippen LogP contribution in [-0.4, -0.2) is 32.7 Å². The predicted octanol–water partition coefficient (Wildman–Crippen LogP) is 1.09. The lowest BCUT2D eigenvalue weighted by atomic mass is 10.2. The van der Waals surface area contributed by atoms with Crippen molar-refractivity contribution < 1.29 is 22.8 Å². The SMILES string of the molecule is CC1CC1C(=O)NCCC(=O)NNC(=O)c1cccc(S(=O)(=O)NCc2ccccc2)c1. The average molecular weight is 459 g/mol. The van der Waals surface area contributed by atoms with Gasteiger partial charge in [-0.25, -0.2) is 13.1 Å². The normalized spacial score (nSPS) is 17.3. The summed E-state index contributed by atoms with van der Waals surface area (Å²) >= 11 is 0. The number of benzene rings is 2. The van der Waals surface area contributed by atoms with Crippen molar-refractivity contribution in [1.82, 2.24) is 20.9 Å². The van der Waals surface area contributed by atoms with E-state index in [1.165, 1.54) is 24.3 Å². The fraction of sp³-hybridized carbons (Fsp3) is 0.318. The molecule has 3 amide bonds. The molecule has 0 aliphatic heterocycles. The van der Waals surface area contributed by atoms with Crippen molar-refractivity contribution in [3.8, 4) is 0 Å². The maximum Gasteiger partial charge on any atom is 0.269 e. The third-order valence-corrected chi connectivity index (χ3v) is 6.53. The minimum atomic E-state index is -3.83. The largest absolute Gasteiger partial charge is 0.355 e. The van der Waals surface area contributed by atoms with Crippen LogP contribution in [0.15, 0.2) is 59.5 Å². The van der Waals surface area contributed by atoms with Gasteiger partial charge in [0.2, 0.25) is 21.8 Å². The molecule has 1 fully saturated rings. The van der Waals surface area contributed by atoms with Crippen LogP contribution >= 0.6 is 0 Å². The van der Waals surface area contributed by atoms with Crippen molar-refractivity contribution in [1.29, 1.82) is 0 Å². The lowest BCUT2D eigenvalue weighted by molar-refractivity contribution is -0.123. The summed E-state index contributed by atoms with van der Waals surface area (Å²) in [5.41, 5.74) is 5.38. The molecule has 0 aromatic heterocycles. The highest BCUT2D eigenvalue weighted by Gasteiger charge is 2.38. The molecule has 1 aliphatic carbocycles. The molecular formula is C22H26N4O5S. The molecule has 170 valence electrons. The lowest BCUT2D eigenvalue weighted by Crippen LogP contribution is -2.43. The number of hydrazine groups is 1. The van der Waals surface area contributed by atoms with Gasteiger partial charge in [0.05, 0.1) is 4.90 Å². The van der Waals surface area contributed by atoms with Gasteiger partial charge >= 0.3 is 0 Å². The zero-order valence-corrected chi connectivity index (χ0v) is 18.4. The van der Waals surface area contributed by atoms with Crippen LogP contribution in [0.1, 0.15) is 35.7 Å². The van der Waals surface area contributed by atoms with Crippen LogP contribution in [0.2, 0.25) is 0 Å². The Morgan fingerprint density at radius 1 is 1.00 bits per heavy atom. The summed E-state index contributed by atoms with van der Waals surface area (Å²) in [6.07, 6.45) is 0.871. The maximum absolute atomic E-state index is 12.5. The van der Waals surface area contributed by atoms with E-state index in [0.29, 0.717) is 5.92 Å². The number of carbonyl (C=O) groups is 3. The van der Waals surface area contributed by atoms with E-state index in [0.717, 1.165) is 12.0 Å². The van der Waals surface area contributed by atoms with Crippen LogP contribution < -0.4 is 20.9 Å². The smallest absolute Gasteiger partial charge is 0.269 e. The average Bonchev–Trinajstić information content (AvgIpc) is 3.53. The van der Waals surface area contributed by atoms with Crippen molar-refractivity contribution in [3.63, 3.8) is 0 Å². The summed E-state index contributed by atoms with van der Waals surface area (Å²) in [6, 6.07) is 14.5. The van der Waals surface area contributed by atoms with Crippen molar-refractivity contribution in [3.05, 3.63) is 65.7 Å². The summed E-state index contributed by atoms with van der Waals surface area (Å²) in [6.45, 7) is 2.28. The van der Waals surface area contributed by atoms with Gasteiger partial charge in [-0.15, -0.1) is 0 Å². The van der Waals surface area contributed by atoms with Gasteiger partial charge in [-0.3, -0.25) is 25.2 Å². The fourth-order valence-corrected chi connectivity index (χ4v) is 4.10. The molecule has 0 bridgehead atoms. The van der Waals surface area contributed by atoms with Crippen LogP contribution in [0.3, 0.4) is 0 Å². The Morgan fingerprint density at radius 2 is 1.72 bits per heavy atom. The van der Waals surface area contributed by atoms with Crippen molar-refractivity contribution in [2.24, 2.45) is 11.8 Å². The fourth-order valence-electron chi connectivity index (χ4n) is 3.04. The third kappa shape index (κ3) is 6.63. The lowest BCUT2D eigenvalue weighted by Gasteiger charge is -2.10. The first-order valence-corrected chi connectivity index (χ1v) is 11.7. The molecule has 2 aromatic rings. The number of amides is 3. The van der Waals surface area contributed by atoms with Crippen molar-refractivity contribution in [2.75, 3.05) is 6.54 Å². The molecule has 32 heavy (non-hydrogen) atoms. The number of hydrogen-bond donors (Lipinski definition) is 4. The molecule has 1 aliphatic rings. The summed E-state index contributed by atoms with van der Waals surface area (Å²) in [4.78, 5) is 35.8. The van der Waals surface area contributed by atoms with Crippen LogP contribution in [0.5, 0.6) is 0 Å². The summed E-state index contributed by atoms with van der Waals surface area (Å²) in [5, 5.41) is 2.69. The van der Waals surface area contributed by atoms with E-state index >= 15 is 0 Å². The van der Waals surface area contributed by atoms with Crippen LogP contribution in [-0.2, 0) is 26.2 Å². The Labute approximate surface area is 187 Å². The van der Waals surface area contributed by atoms with E-state index in [2.05, 4.69) is 20.9 Å². The topological polar surface area (TPSA) is 133 Å². The Morgan fingerprint density at radius 3 is 2.41 bits per heavy atom. The third-order valence-electron chi connectivity index (χ3n) is 5.13. The van der Waals surface area contributed by atoms with E-state index in [4.69, 9.17) is 0 Å². The van der Waals surface area contributed by atoms with Gasteiger partial charge in [0.1, 0.15) is 0 Å². The molecule has 4 N–H and O–H groups in total. The van der Waals surface area contributed by atoms with Gasteiger partial charge in [0.15, 0.2) is 0 Å². The first-order valence-electron chi connectivity index (χ1n) is 10.3. The van der Waals surface area contributed by atoms with Gasteiger partial charge in [-0.2, -0.15) is 0 Å². The zero-order valence-electron chi connectivity index (χ0n) is 17.6. The minimum Gasteiger partial charge on any atom is -0.355 e. The monoisotopic (exact) mass is 458 g/mol. The number of nitrogens with one attached hydrogen (secondary N) is 4. The highest BCUT2D eigenvalue weighted by atomic mass is 32.2. The molecule has 0 heterocycles. The van der Waals surface area contributed by atoms with E-state index in [9.17, 15) is 22.8 Å². The van der Waals surface area contributed by atoms with Crippen LogP contribution in [0.4, 0.5) is 0 Å². The standard InChI is InChI=1S/C22H26N4O5S/c1-15-12-19(15)22(29)23-11-10-20(27)25-26-21(28)17-8-5-9-18(13-17)32(30,31)24-14-16-6-3-2-4-7-16/h2-9,13,15,19,24H,10-12,14H2,1H3,(H,23,29)(H,25,27)(H,26,28). The number of rotatable bonds is 9. The van der Waals surface area contributed by atoms with Gasteiger partial charge in [0.25, 0.3) is 5.91 Å². The molecule has 0 saturated heterocycles. The Kier molecular flexibility index (Phi) is 7.60. The molecule has 0 radical (unpaired) electrons. The Balaban J connectivity index is 1.47. The predicted molar refractivity (Wildman–Crippen MR) is 117 cm³/mol. The number of hydrogen-bond acceptors (Lipinski definition) is 5. The van der Waals surface area contributed by atoms with Crippen LogP contribution in [0.25, 0.3) is 0 Å². The molecule has 0 spiro atoms. The van der Waals surface area contributed by atoms with E-state index in [1.54, 1.807) is 12.1 Å². The van der Waals surface area contributed by atoms with Gasteiger partial charge < -0.3 is 5.32 Å². The summed E-state index contributed by atoms with van der Waals surface area (Å²) < 4.78 is 27.6. The second kappa shape index (κ2) is 10.4. The quantitative estimate of drug-likeness (QED) is 0.418. The Bertz CT molecular complexity index is 1090. The van der Waals surface area contributed by atoms with Crippen LogP contribution in [0, 0.1) is 11.8 Å². The second-order valence-corrected chi connectivity index (χ2v) is 9.47. The van der Waals surface area contributed by atoms with E-state index < -0.39 is 21.8 Å². The van der Waals surface area contributed by atoms with Gasteiger partial charge in [-0.05, 0) is 36.1 Å². The molecule has 2 atom stereocenters. The molecule has 1 saturated carbocycles. The molecule has 3 rings (SSSR count). The Hall–Kier alpha value is -3.24. The highest BCUT2D eigenvalue weighted by Crippen LogP contribution is 2.37. The minimum absolute atomic E-state index is 0.00491. The van der Waals surface area contributed by atoms with Gasteiger partial charge in [0, 0.05) is 31.0 Å². The zero-order chi connectivity index (χ0) is 23.1. The maximum atomic E-state index is 12.5. The molecule has 9 nitrogen and oxygen atoms in total. The molecule has 2 aromatic carbocycles. The summed E-state index contributed by atoms with van der Waals surface area (Å²) in [7, 11) is -3.83. The van der Waals surface area contributed by atoms with E-state index in [1.807, 2.05) is 25.1 Å². The van der Waals surface area contributed by atoms with Gasteiger partial charge in [-0.1, -0.05) is 43.3 Å². The van der Waals surface area contributed by atoms with Crippen molar-refractivity contribution >= 4 is 27.7 Å². The molecule has 2 unspecified atom stereocenters. The second-order valence-electron chi connectivity index (χ2n) is 7.70. The summed E-state index contributed by atoms with van der Waals surface area (Å²) in [5.74, 6) is -0.780. The first-order chi connectivity index (χ1) is 15.3. The highest BCUT2D eigenvalue weighted by molar-refractivity contribution is 7.89. The molecular weight excluding hydrogens is 432 g/mol.